The maximum Gasteiger partial charge on any atom is 0.142 e. The van der Waals surface area contributed by atoms with Crippen molar-refractivity contribution < 1.29 is 4.74 Å². The van der Waals surface area contributed by atoms with Crippen LogP contribution in [0.3, 0.4) is 0 Å². The second-order valence-electron chi connectivity index (χ2n) is 7.00. The van der Waals surface area contributed by atoms with Crippen LogP contribution in [-0.4, -0.2) is 18.6 Å². The van der Waals surface area contributed by atoms with Gasteiger partial charge in [-0.05, 0) is 47.4 Å². The average Bonchev–Trinajstić information content (AvgIpc) is 3.08. The number of fused-ring (bicyclic) bond motifs is 4. The Kier molecular flexibility index (Phi) is 3.68. The molecule has 2 N–H and O–H groups in total. The zero-order chi connectivity index (χ0) is 17.5. The quantitative estimate of drug-likeness (QED) is 0.563. The van der Waals surface area contributed by atoms with E-state index in [0.29, 0.717) is 6.04 Å². The third kappa shape index (κ3) is 2.39. The number of hydrogen-bond donors (Lipinski definition) is 2. The summed E-state index contributed by atoms with van der Waals surface area (Å²) >= 11 is 0. The normalized spacial score (nSPS) is 16.7. The fourth-order valence-corrected chi connectivity index (χ4v) is 4.34. The SMILES string of the molecule is COc1cccc2c3c([nH]c12)C(Cc1cccc2ccccc12)NCC3. The van der Waals surface area contributed by atoms with E-state index in [1.54, 1.807) is 7.11 Å². The molecular formula is C23H22N2O. The van der Waals surface area contributed by atoms with Gasteiger partial charge in [-0.3, -0.25) is 0 Å². The molecule has 3 heteroatoms. The summed E-state index contributed by atoms with van der Waals surface area (Å²) in [6.45, 7) is 1.01. The molecule has 1 aliphatic rings. The van der Waals surface area contributed by atoms with Crippen LogP contribution >= 0.6 is 0 Å². The molecule has 5 rings (SSSR count). The van der Waals surface area contributed by atoms with Gasteiger partial charge in [-0.2, -0.15) is 0 Å². The predicted octanol–water partition coefficient (Wildman–Crippen LogP) is 4.76. The lowest BCUT2D eigenvalue weighted by molar-refractivity contribution is 0.419. The number of hydrogen-bond acceptors (Lipinski definition) is 2. The molecule has 2 heterocycles. The van der Waals surface area contributed by atoms with E-state index >= 15 is 0 Å². The van der Waals surface area contributed by atoms with Gasteiger partial charge < -0.3 is 15.0 Å². The fourth-order valence-electron chi connectivity index (χ4n) is 4.34. The Morgan fingerprint density at radius 2 is 1.77 bits per heavy atom. The third-order valence-electron chi connectivity index (χ3n) is 5.57. The number of methoxy groups -OCH3 is 1. The van der Waals surface area contributed by atoms with E-state index < -0.39 is 0 Å². The lowest BCUT2D eigenvalue weighted by atomic mass is 9.92. The Morgan fingerprint density at radius 1 is 0.962 bits per heavy atom. The van der Waals surface area contributed by atoms with Crippen molar-refractivity contribution in [1.82, 2.24) is 10.3 Å². The van der Waals surface area contributed by atoms with E-state index in [9.17, 15) is 0 Å². The largest absolute Gasteiger partial charge is 0.495 e. The number of aromatic nitrogens is 1. The van der Waals surface area contributed by atoms with Crippen LogP contribution in [0.15, 0.2) is 60.7 Å². The van der Waals surface area contributed by atoms with E-state index in [4.69, 9.17) is 4.74 Å². The fraction of sp³-hybridized carbons (Fsp3) is 0.217. The molecule has 3 aromatic carbocycles. The Balaban J connectivity index is 1.60. The number of ether oxygens (including phenoxy) is 1. The highest BCUT2D eigenvalue weighted by Crippen LogP contribution is 2.36. The molecule has 0 saturated heterocycles. The maximum atomic E-state index is 5.56. The summed E-state index contributed by atoms with van der Waals surface area (Å²) < 4.78 is 5.56. The van der Waals surface area contributed by atoms with Crippen LogP contribution in [0.25, 0.3) is 21.7 Å². The van der Waals surface area contributed by atoms with Crippen molar-refractivity contribution in [2.45, 2.75) is 18.9 Å². The first-order valence-corrected chi connectivity index (χ1v) is 9.22. The minimum atomic E-state index is 0.293. The van der Waals surface area contributed by atoms with Crippen LogP contribution in [0.5, 0.6) is 5.75 Å². The second-order valence-corrected chi connectivity index (χ2v) is 7.00. The highest BCUT2D eigenvalue weighted by molar-refractivity contribution is 5.90. The molecule has 0 radical (unpaired) electrons. The zero-order valence-electron chi connectivity index (χ0n) is 14.9. The number of benzene rings is 3. The molecule has 1 aromatic heterocycles. The summed E-state index contributed by atoms with van der Waals surface area (Å²) in [6, 6.07) is 21.8. The highest BCUT2D eigenvalue weighted by atomic mass is 16.5. The minimum Gasteiger partial charge on any atom is -0.495 e. The van der Waals surface area contributed by atoms with Crippen molar-refractivity contribution in [3.05, 3.63) is 77.5 Å². The number of rotatable bonds is 3. The van der Waals surface area contributed by atoms with Gasteiger partial charge in [-0.1, -0.05) is 54.6 Å². The van der Waals surface area contributed by atoms with Crippen LogP contribution in [0.1, 0.15) is 22.9 Å². The standard InChI is InChI=1S/C23H22N2O/c1-26-21-11-5-10-18-19-12-13-24-20(22(19)25-23(18)21)14-16-8-4-7-15-6-2-3-9-17(15)16/h2-11,20,24-25H,12-14H2,1H3. The van der Waals surface area contributed by atoms with Gasteiger partial charge in [0.25, 0.3) is 0 Å². The molecule has 1 unspecified atom stereocenters. The lowest BCUT2D eigenvalue weighted by Crippen LogP contribution is -2.31. The van der Waals surface area contributed by atoms with Crippen molar-refractivity contribution in [2.75, 3.05) is 13.7 Å². The molecular weight excluding hydrogens is 320 g/mol. The predicted molar refractivity (Wildman–Crippen MR) is 107 cm³/mol. The van der Waals surface area contributed by atoms with E-state index in [-0.39, 0.29) is 0 Å². The first kappa shape index (κ1) is 15.5. The van der Waals surface area contributed by atoms with Crippen LogP contribution in [0.4, 0.5) is 0 Å². The number of H-pyrrole nitrogens is 1. The van der Waals surface area contributed by atoms with Crippen LogP contribution < -0.4 is 10.1 Å². The van der Waals surface area contributed by atoms with Crippen LogP contribution in [-0.2, 0) is 12.8 Å². The van der Waals surface area contributed by atoms with E-state index in [0.717, 1.165) is 30.7 Å². The Morgan fingerprint density at radius 3 is 2.69 bits per heavy atom. The van der Waals surface area contributed by atoms with E-state index in [2.05, 4.69) is 64.9 Å². The van der Waals surface area contributed by atoms with Gasteiger partial charge in [0, 0.05) is 11.1 Å². The molecule has 1 aliphatic heterocycles. The molecule has 0 aliphatic carbocycles. The molecule has 0 spiro atoms. The average molecular weight is 342 g/mol. The lowest BCUT2D eigenvalue weighted by Gasteiger charge is -2.25. The second kappa shape index (κ2) is 6.19. The van der Waals surface area contributed by atoms with Gasteiger partial charge in [0.15, 0.2) is 0 Å². The topological polar surface area (TPSA) is 37.0 Å². The van der Waals surface area contributed by atoms with Crippen molar-refractivity contribution >= 4 is 21.7 Å². The first-order valence-electron chi connectivity index (χ1n) is 9.22. The third-order valence-corrected chi connectivity index (χ3v) is 5.57. The summed E-state index contributed by atoms with van der Waals surface area (Å²) in [6.07, 6.45) is 2.03. The van der Waals surface area contributed by atoms with Crippen LogP contribution in [0.2, 0.25) is 0 Å². The molecule has 4 aromatic rings. The molecule has 0 saturated carbocycles. The monoisotopic (exact) mass is 342 g/mol. The molecule has 3 nitrogen and oxygen atoms in total. The summed E-state index contributed by atoms with van der Waals surface area (Å²) in [5, 5.41) is 7.66. The van der Waals surface area contributed by atoms with Crippen LogP contribution in [0, 0.1) is 0 Å². The zero-order valence-corrected chi connectivity index (χ0v) is 14.9. The number of para-hydroxylation sites is 1. The van der Waals surface area contributed by atoms with E-state index in [1.807, 2.05) is 6.07 Å². The summed E-state index contributed by atoms with van der Waals surface area (Å²) in [5.41, 5.74) is 5.25. The van der Waals surface area contributed by atoms with Crippen molar-refractivity contribution in [1.29, 1.82) is 0 Å². The van der Waals surface area contributed by atoms with Gasteiger partial charge in [0.1, 0.15) is 5.75 Å². The molecule has 130 valence electrons. The highest BCUT2D eigenvalue weighted by Gasteiger charge is 2.25. The molecule has 0 bridgehead atoms. The molecule has 26 heavy (non-hydrogen) atoms. The summed E-state index contributed by atoms with van der Waals surface area (Å²) in [5.74, 6) is 0.917. The molecule has 0 amide bonds. The van der Waals surface area contributed by atoms with Crippen molar-refractivity contribution in [2.24, 2.45) is 0 Å². The van der Waals surface area contributed by atoms with Gasteiger partial charge >= 0.3 is 0 Å². The van der Waals surface area contributed by atoms with Crippen molar-refractivity contribution in [3.8, 4) is 5.75 Å². The van der Waals surface area contributed by atoms with Gasteiger partial charge in [-0.25, -0.2) is 0 Å². The maximum absolute atomic E-state index is 5.56. The first-order chi connectivity index (χ1) is 12.8. The van der Waals surface area contributed by atoms with Gasteiger partial charge in [0.05, 0.1) is 18.7 Å². The van der Waals surface area contributed by atoms with Gasteiger partial charge in [-0.15, -0.1) is 0 Å². The number of aromatic amines is 1. The molecule has 1 atom stereocenters. The Labute approximate surface area is 153 Å². The van der Waals surface area contributed by atoms with Crippen molar-refractivity contribution in [3.63, 3.8) is 0 Å². The summed E-state index contributed by atoms with van der Waals surface area (Å²) in [4.78, 5) is 3.67. The summed E-state index contributed by atoms with van der Waals surface area (Å²) in [7, 11) is 1.74. The van der Waals surface area contributed by atoms with E-state index in [1.165, 1.54) is 33.0 Å². The Hall–Kier alpha value is -2.78. The smallest absolute Gasteiger partial charge is 0.142 e. The van der Waals surface area contributed by atoms with Gasteiger partial charge in [0.2, 0.25) is 0 Å². The molecule has 0 fully saturated rings. The number of nitrogens with one attached hydrogen (secondary N) is 2. The Bertz CT molecular complexity index is 1090. The minimum absolute atomic E-state index is 0.293.